The minimum absolute atomic E-state index is 0.0779. The summed E-state index contributed by atoms with van der Waals surface area (Å²) in [6.07, 6.45) is 3.47. The first kappa shape index (κ1) is 28.4. The third kappa shape index (κ3) is 4.98. The van der Waals surface area contributed by atoms with Crippen molar-refractivity contribution in [2.75, 3.05) is 5.73 Å². The van der Waals surface area contributed by atoms with Crippen LogP contribution in [-0.2, 0) is 7.05 Å². The number of amides is 1. The van der Waals surface area contributed by atoms with Crippen molar-refractivity contribution in [1.29, 1.82) is 0 Å². The molecule has 0 saturated carbocycles. The highest BCUT2D eigenvalue weighted by atomic mass is 16.2. The van der Waals surface area contributed by atoms with Gasteiger partial charge in [0, 0.05) is 35.9 Å². The molecule has 1 unspecified atom stereocenters. The van der Waals surface area contributed by atoms with Gasteiger partial charge in [-0.15, -0.1) is 5.10 Å². The molecule has 0 radical (unpaired) electrons. The molecular weight excluding hydrogens is 552 g/mol. The number of benzene rings is 2. The molecule has 0 bridgehead atoms. The highest BCUT2D eigenvalue weighted by Gasteiger charge is 2.24. The van der Waals surface area contributed by atoms with E-state index in [9.17, 15) is 9.59 Å². The molecule has 1 amide bonds. The van der Waals surface area contributed by atoms with Crippen LogP contribution in [0, 0.1) is 18.8 Å². The summed E-state index contributed by atoms with van der Waals surface area (Å²) >= 11 is 0. The summed E-state index contributed by atoms with van der Waals surface area (Å²) < 4.78 is 4.89. The van der Waals surface area contributed by atoms with Gasteiger partial charge < -0.3 is 11.1 Å². The number of aryl methyl sites for hydroxylation is 1. The molecule has 3 N–H and O–H groups in total. The van der Waals surface area contributed by atoms with Gasteiger partial charge in [0.2, 0.25) is 0 Å². The van der Waals surface area contributed by atoms with Gasteiger partial charge in [-0.1, -0.05) is 56.0 Å². The predicted octanol–water partition coefficient (Wildman–Crippen LogP) is 4.67. The maximum Gasteiger partial charge on any atom is 0.264 e. The Kier molecular flexibility index (Phi) is 7.23. The van der Waals surface area contributed by atoms with Gasteiger partial charge in [0.1, 0.15) is 5.56 Å². The first-order chi connectivity index (χ1) is 21.1. The fraction of sp³-hybridized carbons (Fsp3) is 0.206. The number of hydrogen-bond acceptors (Lipinski definition) is 6. The molecule has 4 heterocycles. The number of para-hydroxylation sites is 1. The molecule has 0 aliphatic carbocycles. The van der Waals surface area contributed by atoms with E-state index < -0.39 is 11.9 Å². The van der Waals surface area contributed by atoms with Gasteiger partial charge in [-0.2, -0.15) is 5.10 Å². The van der Waals surface area contributed by atoms with Crippen LogP contribution in [0.25, 0.3) is 22.1 Å². The van der Waals surface area contributed by atoms with E-state index >= 15 is 0 Å². The Morgan fingerprint density at radius 3 is 2.45 bits per heavy atom. The largest absolute Gasteiger partial charge is 0.381 e. The Labute approximate surface area is 254 Å². The van der Waals surface area contributed by atoms with Crippen LogP contribution in [0.2, 0.25) is 0 Å². The second kappa shape index (κ2) is 11.2. The smallest absolute Gasteiger partial charge is 0.264 e. The fourth-order valence-corrected chi connectivity index (χ4v) is 5.25. The van der Waals surface area contributed by atoms with Crippen LogP contribution in [0.4, 0.5) is 5.82 Å². The number of carbonyl (C=O) groups is 1. The first-order valence-corrected chi connectivity index (χ1v) is 14.3. The van der Waals surface area contributed by atoms with Crippen molar-refractivity contribution < 1.29 is 4.79 Å². The summed E-state index contributed by atoms with van der Waals surface area (Å²) in [5.74, 6) is 6.17. The lowest BCUT2D eigenvalue weighted by Crippen LogP contribution is -2.32. The number of aromatic nitrogens is 6. The van der Waals surface area contributed by atoms with E-state index in [1.165, 1.54) is 4.52 Å². The number of hydrogen-bond donors (Lipinski definition) is 2. The summed E-state index contributed by atoms with van der Waals surface area (Å²) in [4.78, 5) is 32.7. The minimum Gasteiger partial charge on any atom is -0.381 e. The third-order valence-electron chi connectivity index (χ3n) is 7.80. The molecule has 6 aromatic rings. The maximum absolute atomic E-state index is 14.3. The van der Waals surface area contributed by atoms with Gasteiger partial charge in [-0.3, -0.25) is 18.8 Å². The number of nitrogen functional groups attached to an aromatic ring is 1. The number of nitrogens with zero attached hydrogens (tertiary/aromatic N) is 6. The summed E-state index contributed by atoms with van der Waals surface area (Å²) in [5, 5.41) is 12.8. The summed E-state index contributed by atoms with van der Waals surface area (Å²) in [6.45, 7) is 7.84. The second-order valence-electron chi connectivity index (χ2n) is 11.1. The maximum atomic E-state index is 14.3. The SMILES string of the molecule is Cc1c(C#Cc2cccc3cc(C(C)NC(=O)c4c(N)nn5ccc(C(C)C)nc45)n(-c4ccccc4)c(=O)c23)cnn1C. The van der Waals surface area contributed by atoms with Crippen molar-refractivity contribution in [3.8, 4) is 17.5 Å². The van der Waals surface area contributed by atoms with Gasteiger partial charge in [0.05, 0.1) is 28.9 Å². The topological polar surface area (TPSA) is 125 Å². The normalized spacial score (nSPS) is 12.0. The van der Waals surface area contributed by atoms with Crippen LogP contribution in [0.5, 0.6) is 0 Å². The molecule has 0 fully saturated rings. The Bertz CT molecular complexity index is 2180. The average molecular weight is 585 g/mol. The number of fused-ring (bicyclic) bond motifs is 2. The Morgan fingerprint density at radius 2 is 1.75 bits per heavy atom. The predicted molar refractivity (Wildman–Crippen MR) is 171 cm³/mol. The van der Waals surface area contributed by atoms with Gasteiger partial charge >= 0.3 is 0 Å². The molecule has 0 spiro atoms. The molecule has 6 rings (SSSR count). The second-order valence-corrected chi connectivity index (χ2v) is 11.1. The van der Waals surface area contributed by atoms with Crippen molar-refractivity contribution in [3.63, 3.8) is 0 Å². The summed E-state index contributed by atoms with van der Waals surface area (Å²) in [5.41, 5.74) is 11.0. The zero-order valence-electron chi connectivity index (χ0n) is 25.2. The van der Waals surface area contributed by atoms with Crippen LogP contribution in [0.15, 0.2) is 77.9 Å². The lowest BCUT2D eigenvalue weighted by molar-refractivity contribution is 0.0941. The van der Waals surface area contributed by atoms with Gasteiger partial charge in [0.25, 0.3) is 11.5 Å². The van der Waals surface area contributed by atoms with Gasteiger partial charge in [-0.25, -0.2) is 9.50 Å². The van der Waals surface area contributed by atoms with Crippen LogP contribution in [-0.4, -0.2) is 34.9 Å². The van der Waals surface area contributed by atoms with Crippen LogP contribution in [0.1, 0.15) is 71.3 Å². The van der Waals surface area contributed by atoms with Crippen molar-refractivity contribution in [2.24, 2.45) is 7.05 Å². The molecule has 0 aliphatic rings. The van der Waals surface area contributed by atoms with E-state index in [1.807, 2.05) is 95.4 Å². The van der Waals surface area contributed by atoms with Crippen molar-refractivity contribution in [2.45, 2.75) is 39.7 Å². The van der Waals surface area contributed by atoms with Crippen molar-refractivity contribution in [3.05, 3.63) is 117 Å². The Balaban J connectivity index is 1.46. The van der Waals surface area contributed by atoms with Crippen molar-refractivity contribution >= 4 is 28.1 Å². The lowest BCUT2D eigenvalue weighted by Gasteiger charge is -2.21. The molecule has 0 aliphatic heterocycles. The van der Waals surface area contributed by atoms with E-state index in [0.717, 1.165) is 17.0 Å². The lowest BCUT2D eigenvalue weighted by atomic mass is 10.0. The third-order valence-corrected chi connectivity index (χ3v) is 7.80. The van der Waals surface area contributed by atoms with E-state index in [2.05, 4.69) is 32.3 Å². The Hall–Kier alpha value is -5.69. The number of anilines is 1. The molecule has 10 nitrogen and oxygen atoms in total. The zero-order valence-corrected chi connectivity index (χ0v) is 25.2. The monoisotopic (exact) mass is 584 g/mol. The molecule has 220 valence electrons. The molecule has 0 saturated heterocycles. The molecular formula is C34H32N8O2. The zero-order chi connectivity index (χ0) is 31.1. The van der Waals surface area contributed by atoms with Gasteiger partial charge in [0.15, 0.2) is 11.5 Å². The first-order valence-electron chi connectivity index (χ1n) is 14.3. The quantitative estimate of drug-likeness (QED) is 0.284. The minimum atomic E-state index is -0.588. The van der Waals surface area contributed by atoms with Gasteiger partial charge in [-0.05, 0) is 55.5 Å². The number of rotatable bonds is 5. The van der Waals surface area contributed by atoms with Crippen LogP contribution >= 0.6 is 0 Å². The Morgan fingerprint density at radius 1 is 1.00 bits per heavy atom. The van der Waals surface area contributed by atoms with Crippen molar-refractivity contribution in [1.82, 2.24) is 34.3 Å². The number of nitrogens with one attached hydrogen (secondary N) is 1. The van der Waals surface area contributed by atoms with E-state index in [0.29, 0.717) is 33.4 Å². The molecule has 10 heteroatoms. The summed E-state index contributed by atoms with van der Waals surface area (Å²) in [6, 6.07) is 18.1. The number of pyridine rings is 1. The number of nitrogens with two attached hydrogens (primary N) is 1. The standard InChI is InChI=1S/C34H32N8O2/c1-20(2)27-16-17-41-32(38-27)30(31(35)39-41)33(43)37-21(3)28-18-24-11-9-10-23(14-15-25-19-36-40(5)22(25)4)29(24)34(44)42(28)26-12-7-6-8-13-26/h6-13,16-21H,1-5H3,(H2,35,39)(H,37,43). The summed E-state index contributed by atoms with van der Waals surface area (Å²) in [7, 11) is 1.86. The van der Waals surface area contributed by atoms with E-state index in [-0.39, 0.29) is 22.9 Å². The van der Waals surface area contributed by atoms with Crippen LogP contribution in [0.3, 0.4) is 0 Å². The van der Waals surface area contributed by atoms with Crippen LogP contribution < -0.4 is 16.6 Å². The van der Waals surface area contributed by atoms with E-state index in [4.69, 9.17) is 5.73 Å². The highest BCUT2D eigenvalue weighted by Crippen LogP contribution is 2.25. The molecule has 44 heavy (non-hydrogen) atoms. The molecule has 4 aromatic heterocycles. The number of carbonyl (C=O) groups excluding carboxylic acids is 1. The fourth-order valence-electron chi connectivity index (χ4n) is 5.25. The molecule has 2 aromatic carbocycles. The molecule has 1 atom stereocenters. The van der Waals surface area contributed by atoms with E-state index in [1.54, 1.807) is 21.6 Å². The average Bonchev–Trinajstić information content (AvgIpc) is 3.52. The highest BCUT2D eigenvalue weighted by molar-refractivity contribution is 6.04.